The largest absolute Gasteiger partial charge is 0.347 e. The molecular weight excluding hydrogens is 625 g/mol. The lowest BCUT2D eigenvalue weighted by Gasteiger charge is -2.41. The Morgan fingerprint density at radius 3 is 2.27 bits per heavy atom. The molecule has 6 rings (SSSR count). The van der Waals surface area contributed by atoms with Crippen LogP contribution in [0, 0.1) is 5.82 Å². The predicted molar refractivity (Wildman–Crippen MR) is 190 cm³/mol. The lowest BCUT2D eigenvalue weighted by Crippen LogP contribution is -2.45. The van der Waals surface area contributed by atoms with Gasteiger partial charge in [0.2, 0.25) is 0 Å². The smallest absolute Gasteiger partial charge is 0.258 e. The van der Waals surface area contributed by atoms with Crippen molar-refractivity contribution in [2.75, 3.05) is 5.32 Å². The minimum atomic E-state index is -0.803. The maximum Gasteiger partial charge on any atom is 0.258 e. The van der Waals surface area contributed by atoms with Crippen molar-refractivity contribution >= 4 is 23.2 Å². The van der Waals surface area contributed by atoms with E-state index in [2.05, 4.69) is 28.7 Å². The number of rotatable bonds is 10. The van der Waals surface area contributed by atoms with Crippen LogP contribution in [-0.4, -0.2) is 33.5 Å². The van der Waals surface area contributed by atoms with Crippen molar-refractivity contribution in [3.63, 3.8) is 0 Å². The van der Waals surface area contributed by atoms with E-state index in [0.717, 1.165) is 33.8 Å². The highest BCUT2D eigenvalue weighted by Gasteiger charge is 2.37. The summed E-state index contributed by atoms with van der Waals surface area (Å²) in [6.45, 7) is 8.65. The second kappa shape index (κ2) is 14.4. The van der Waals surface area contributed by atoms with Gasteiger partial charge in [0.1, 0.15) is 5.82 Å². The predicted octanol–water partition coefficient (Wildman–Crippen LogP) is 9.93. The first-order valence-electron chi connectivity index (χ1n) is 16.5. The second-order valence-corrected chi connectivity index (χ2v) is 13.4. The SMILES string of the molecule is CC(C)c1c(C(=O)Nc2ccccc2)c(-c2ccccc2)c(-c2ccc(F)cc2)n1CCC1CC(Cc2ncccc2Cl)OC(C)(C)O1. The summed E-state index contributed by atoms with van der Waals surface area (Å²) in [5, 5.41) is 3.76. The highest BCUT2D eigenvalue weighted by atomic mass is 35.5. The molecule has 2 atom stereocenters. The van der Waals surface area contributed by atoms with E-state index in [1.807, 2.05) is 86.6 Å². The fourth-order valence-electron chi connectivity index (χ4n) is 6.79. The molecule has 0 spiro atoms. The summed E-state index contributed by atoms with van der Waals surface area (Å²) < 4.78 is 29.3. The molecule has 0 aliphatic carbocycles. The van der Waals surface area contributed by atoms with Crippen molar-refractivity contribution in [3.05, 3.63) is 131 Å². The van der Waals surface area contributed by atoms with Gasteiger partial charge < -0.3 is 19.4 Å². The fourth-order valence-corrected chi connectivity index (χ4v) is 6.99. The Bertz CT molecular complexity index is 1860. The van der Waals surface area contributed by atoms with Crippen LogP contribution >= 0.6 is 11.6 Å². The Morgan fingerprint density at radius 2 is 1.60 bits per heavy atom. The average Bonchev–Trinajstić information content (AvgIpc) is 3.41. The van der Waals surface area contributed by atoms with E-state index in [1.54, 1.807) is 18.3 Å². The van der Waals surface area contributed by atoms with Crippen LogP contribution in [0.5, 0.6) is 0 Å². The molecular formula is C40H41ClFN3O3. The first-order chi connectivity index (χ1) is 23.1. The highest BCUT2D eigenvalue weighted by molar-refractivity contribution is 6.31. The maximum absolute atomic E-state index is 14.4. The van der Waals surface area contributed by atoms with E-state index in [4.69, 9.17) is 21.1 Å². The van der Waals surface area contributed by atoms with E-state index in [1.165, 1.54) is 12.1 Å². The molecule has 48 heavy (non-hydrogen) atoms. The van der Waals surface area contributed by atoms with Crippen LogP contribution in [0.2, 0.25) is 5.02 Å². The molecule has 5 aromatic rings. The van der Waals surface area contributed by atoms with Gasteiger partial charge >= 0.3 is 0 Å². The third kappa shape index (κ3) is 7.54. The number of hydrogen-bond donors (Lipinski definition) is 1. The average molecular weight is 666 g/mol. The van der Waals surface area contributed by atoms with Gasteiger partial charge in [-0.05, 0) is 85.8 Å². The van der Waals surface area contributed by atoms with Crippen LogP contribution in [0.1, 0.15) is 68.2 Å². The lowest BCUT2D eigenvalue weighted by atomic mass is 9.94. The van der Waals surface area contributed by atoms with Crippen LogP contribution in [0.25, 0.3) is 22.4 Å². The summed E-state index contributed by atoms with van der Waals surface area (Å²) in [6, 6.07) is 29.6. The number of carbonyl (C=O) groups excluding carboxylic acids is 1. The number of amides is 1. The van der Waals surface area contributed by atoms with Crippen molar-refractivity contribution in [2.45, 2.75) is 77.4 Å². The van der Waals surface area contributed by atoms with Gasteiger partial charge in [0.05, 0.1) is 34.2 Å². The van der Waals surface area contributed by atoms with Gasteiger partial charge in [0, 0.05) is 42.5 Å². The topological polar surface area (TPSA) is 65.4 Å². The number of pyridine rings is 1. The maximum atomic E-state index is 14.4. The van der Waals surface area contributed by atoms with Gasteiger partial charge in [-0.1, -0.05) is 74.0 Å². The molecule has 2 unspecified atom stereocenters. The monoisotopic (exact) mass is 665 g/mol. The summed E-state index contributed by atoms with van der Waals surface area (Å²) >= 11 is 6.46. The molecule has 0 radical (unpaired) electrons. The van der Waals surface area contributed by atoms with Crippen LogP contribution in [0.15, 0.2) is 103 Å². The summed E-state index contributed by atoms with van der Waals surface area (Å²) in [5.74, 6) is -1.32. The lowest BCUT2D eigenvalue weighted by molar-refractivity contribution is -0.300. The Hall–Kier alpha value is -4.30. The Kier molecular flexibility index (Phi) is 10.1. The number of halogens is 2. The minimum Gasteiger partial charge on any atom is -0.347 e. The third-order valence-electron chi connectivity index (χ3n) is 8.65. The Labute approximate surface area is 286 Å². The first kappa shape index (κ1) is 33.6. The standard InChI is InChI=1S/C40H41ClFN3O3/c1-26(2)37-36(39(46)44-30-14-9-6-10-15-30)35(27-12-7-5-8-13-27)38(28-17-19-29(42)20-18-28)45(37)23-21-31-24-32(48-40(3,4)47-31)25-34-33(41)16-11-22-43-34/h5-20,22,26,31-32H,21,23-25H2,1-4H3,(H,44,46). The van der Waals surface area contributed by atoms with Crippen molar-refractivity contribution in [3.8, 4) is 22.4 Å². The van der Waals surface area contributed by atoms with Gasteiger partial charge in [-0.25, -0.2) is 4.39 Å². The van der Waals surface area contributed by atoms with Gasteiger partial charge in [0.15, 0.2) is 5.79 Å². The number of benzene rings is 3. The van der Waals surface area contributed by atoms with E-state index < -0.39 is 5.79 Å². The molecule has 6 nitrogen and oxygen atoms in total. The zero-order valence-corrected chi connectivity index (χ0v) is 28.5. The number of hydrogen-bond acceptors (Lipinski definition) is 4. The van der Waals surface area contributed by atoms with Crippen molar-refractivity contribution in [2.24, 2.45) is 0 Å². The second-order valence-electron chi connectivity index (χ2n) is 13.0. The number of carbonyl (C=O) groups is 1. The molecule has 1 aliphatic heterocycles. The zero-order chi connectivity index (χ0) is 33.8. The first-order valence-corrected chi connectivity index (χ1v) is 16.9. The van der Waals surface area contributed by atoms with Crippen LogP contribution < -0.4 is 5.32 Å². The molecule has 3 heterocycles. The van der Waals surface area contributed by atoms with E-state index in [0.29, 0.717) is 42.1 Å². The summed E-state index contributed by atoms with van der Waals surface area (Å²) in [6.07, 6.45) is 3.38. The van der Waals surface area contributed by atoms with Crippen molar-refractivity contribution in [1.82, 2.24) is 9.55 Å². The molecule has 0 saturated carbocycles. The van der Waals surface area contributed by atoms with Gasteiger partial charge in [0.25, 0.3) is 5.91 Å². The minimum absolute atomic E-state index is 0.00993. The van der Waals surface area contributed by atoms with Crippen molar-refractivity contribution in [1.29, 1.82) is 0 Å². The molecule has 1 fully saturated rings. The van der Waals surface area contributed by atoms with Gasteiger partial charge in [-0.3, -0.25) is 9.78 Å². The van der Waals surface area contributed by atoms with E-state index >= 15 is 0 Å². The van der Waals surface area contributed by atoms with Crippen LogP contribution in [0.3, 0.4) is 0 Å². The Balaban J connectivity index is 1.44. The summed E-state index contributed by atoms with van der Waals surface area (Å²) in [4.78, 5) is 18.9. The molecule has 1 N–H and O–H groups in total. The molecule has 1 aliphatic rings. The van der Waals surface area contributed by atoms with Gasteiger partial charge in [-0.15, -0.1) is 0 Å². The molecule has 8 heteroatoms. The number of nitrogens with one attached hydrogen (secondary N) is 1. The number of nitrogens with zero attached hydrogens (tertiary/aromatic N) is 2. The molecule has 248 valence electrons. The quantitative estimate of drug-likeness (QED) is 0.161. The fraction of sp³-hybridized carbons (Fsp3) is 0.300. The third-order valence-corrected chi connectivity index (χ3v) is 8.99. The van der Waals surface area contributed by atoms with Crippen molar-refractivity contribution < 1.29 is 18.7 Å². The molecule has 2 aromatic heterocycles. The number of anilines is 1. The normalized spacial score (nSPS) is 17.4. The molecule has 3 aromatic carbocycles. The van der Waals surface area contributed by atoms with E-state index in [9.17, 15) is 9.18 Å². The van der Waals surface area contributed by atoms with Crippen LogP contribution in [-0.2, 0) is 22.4 Å². The van der Waals surface area contributed by atoms with Crippen LogP contribution in [0.4, 0.5) is 10.1 Å². The Morgan fingerprint density at radius 1 is 0.938 bits per heavy atom. The number of para-hydroxylation sites is 1. The highest BCUT2D eigenvalue weighted by Crippen LogP contribution is 2.43. The van der Waals surface area contributed by atoms with Gasteiger partial charge in [-0.2, -0.15) is 0 Å². The molecule has 1 saturated heterocycles. The number of ether oxygens (including phenoxy) is 2. The number of aromatic nitrogens is 2. The summed E-state index contributed by atoms with van der Waals surface area (Å²) in [7, 11) is 0. The molecule has 1 amide bonds. The zero-order valence-electron chi connectivity index (χ0n) is 27.8. The summed E-state index contributed by atoms with van der Waals surface area (Å²) in [5.41, 5.74) is 6.44. The molecule has 0 bridgehead atoms. The van der Waals surface area contributed by atoms with E-state index in [-0.39, 0.29) is 29.9 Å².